The smallest absolute Gasteiger partial charge is 0.271 e. The minimum Gasteiger partial charge on any atom is -0.352 e. The third-order valence-corrected chi connectivity index (χ3v) is 6.44. The first-order chi connectivity index (χ1) is 16.3. The molecule has 1 atom stereocenters. The van der Waals surface area contributed by atoms with E-state index < -0.39 is 33.4 Å². The maximum atomic E-state index is 13.6. The fourth-order valence-electron chi connectivity index (χ4n) is 3.57. The van der Waals surface area contributed by atoms with Crippen LogP contribution in [0.1, 0.15) is 38.3 Å². The van der Waals surface area contributed by atoms with E-state index in [1.807, 2.05) is 45.0 Å². The van der Waals surface area contributed by atoms with Crippen LogP contribution in [-0.4, -0.2) is 54.9 Å². The Labute approximate surface area is 206 Å². The van der Waals surface area contributed by atoms with E-state index in [4.69, 9.17) is 0 Å². The van der Waals surface area contributed by atoms with Crippen LogP contribution in [0.4, 0.5) is 11.4 Å². The molecule has 0 aliphatic rings. The first-order valence-corrected chi connectivity index (χ1v) is 13.1. The van der Waals surface area contributed by atoms with E-state index in [-0.39, 0.29) is 29.9 Å². The summed E-state index contributed by atoms with van der Waals surface area (Å²) in [6.45, 7) is 6.80. The molecule has 0 aromatic heterocycles. The molecule has 0 spiro atoms. The fourth-order valence-corrected chi connectivity index (χ4v) is 4.41. The number of aryl methyl sites for hydroxylation is 1. The van der Waals surface area contributed by atoms with Gasteiger partial charge in [0, 0.05) is 24.7 Å². The van der Waals surface area contributed by atoms with Crippen molar-refractivity contribution in [2.45, 2.75) is 52.7 Å². The number of nitrogens with one attached hydrogen (secondary N) is 1. The van der Waals surface area contributed by atoms with E-state index in [0.717, 1.165) is 27.8 Å². The minimum atomic E-state index is -3.98. The molecule has 2 rings (SSSR count). The third kappa shape index (κ3) is 7.78. The number of rotatable bonds is 11. The summed E-state index contributed by atoms with van der Waals surface area (Å²) < 4.78 is 26.0. The number of nitro groups is 1. The Balaban J connectivity index is 2.47. The number of carbonyl (C=O) groups excluding carboxylic acids is 2. The van der Waals surface area contributed by atoms with Crippen LogP contribution < -0.4 is 9.62 Å². The van der Waals surface area contributed by atoms with Gasteiger partial charge in [-0.1, -0.05) is 42.8 Å². The monoisotopic (exact) mass is 504 g/mol. The summed E-state index contributed by atoms with van der Waals surface area (Å²) in [6.07, 6.45) is 1.23. The van der Waals surface area contributed by atoms with Crippen LogP contribution in [0.25, 0.3) is 0 Å². The molecule has 10 nitrogen and oxygen atoms in total. The average Bonchev–Trinajstić information content (AvgIpc) is 2.77. The normalized spacial score (nSPS) is 12.2. The Bertz CT molecular complexity index is 1160. The molecule has 2 aromatic carbocycles. The predicted molar refractivity (Wildman–Crippen MR) is 134 cm³/mol. The zero-order valence-corrected chi connectivity index (χ0v) is 21.4. The van der Waals surface area contributed by atoms with Gasteiger partial charge in [-0.15, -0.1) is 0 Å². The number of nitro benzene ring substituents is 1. The molecular formula is C24H32N4O6S. The lowest BCUT2D eigenvalue weighted by atomic mass is 10.1. The highest BCUT2D eigenvalue weighted by molar-refractivity contribution is 7.92. The topological polar surface area (TPSA) is 130 Å². The molecule has 11 heteroatoms. The van der Waals surface area contributed by atoms with Crippen molar-refractivity contribution in [3.63, 3.8) is 0 Å². The van der Waals surface area contributed by atoms with Crippen LogP contribution in [0.5, 0.6) is 0 Å². The van der Waals surface area contributed by atoms with Crippen molar-refractivity contribution in [3.05, 3.63) is 69.8 Å². The van der Waals surface area contributed by atoms with Crippen molar-refractivity contribution in [2.24, 2.45) is 0 Å². The maximum absolute atomic E-state index is 13.6. The molecule has 0 unspecified atom stereocenters. The highest BCUT2D eigenvalue weighted by Crippen LogP contribution is 2.24. The summed E-state index contributed by atoms with van der Waals surface area (Å²) in [5.74, 6) is -0.947. The molecule has 0 aliphatic heterocycles. The number of carbonyl (C=O) groups is 2. The lowest BCUT2D eigenvalue weighted by Gasteiger charge is -2.33. The molecule has 0 bridgehead atoms. The quantitative estimate of drug-likeness (QED) is 0.370. The van der Waals surface area contributed by atoms with Gasteiger partial charge in [0.15, 0.2) is 0 Å². The van der Waals surface area contributed by atoms with E-state index in [1.165, 1.54) is 23.1 Å². The molecule has 0 heterocycles. The second kappa shape index (κ2) is 11.8. The van der Waals surface area contributed by atoms with Gasteiger partial charge in [0.25, 0.3) is 5.69 Å². The highest BCUT2D eigenvalue weighted by atomic mass is 32.2. The number of benzene rings is 2. The zero-order chi connectivity index (χ0) is 26.3. The molecule has 2 aromatic rings. The van der Waals surface area contributed by atoms with Crippen LogP contribution >= 0.6 is 0 Å². The molecule has 35 heavy (non-hydrogen) atoms. The Morgan fingerprint density at radius 2 is 1.74 bits per heavy atom. The standard InChI is InChI=1S/C24H32N4O6S/c1-6-22(24(30)25-17(2)3)26(15-19-12-10-18(4)11-13-19)23(29)16-27(35(5,33)34)20-8-7-9-21(14-20)28(31)32/h7-14,17,22H,6,15-16H2,1-5H3,(H,25,30)/t22-/m1/s1. The van der Waals surface area contributed by atoms with E-state index in [9.17, 15) is 28.1 Å². The number of hydrogen-bond acceptors (Lipinski definition) is 6. The van der Waals surface area contributed by atoms with Crippen LogP contribution in [0.15, 0.2) is 48.5 Å². The number of hydrogen-bond donors (Lipinski definition) is 1. The summed E-state index contributed by atoms with van der Waals surface area (Å²) in [4.78, 5) is 38.4. The second-order valence-electron chi connectivity index (χ2n) is 8.64. The van der Waals surface area contributed by atoms with Gasteiger partial charge in [-0.25, -0.2) is 8.42 Å². The van der Waals surface area contributed by atoms with Gasteiger partial charge in [-0.3, -0.25) is 24.0 Å². The van der Waals surface area contributed by atoms with Crippen molar-refractivity contribution < 1.29 is 22.9 Å². The Morgan fingerprint density at radius 1 is 1.11 bits per heavy atom. The lowest BCUT2D eigenvalue weighted by molar-refractivity contribution is -0.384. The first-order valence-electron chi connectivity index (χ1n) is 11.2. The summed E-state index contributed by atoms with van der Waals surface area (Å²) in [7, 11) is -3.98. The summed E-state index contributed by atoms with van der Waals surface area (Å²) in [5.41, 5.74) is 1.50. The Morgan fingerprint density at radius 3 is 2.26 bits per heavy atom. The van der Waals surface area contributed by atoms with Gasteiger partial charge < -0.3 is 10.2 Å². The molecule has 1 N–H and O–H groups in total. The molecule has 0 fully saturated rings. The Kier molecular flexibility index (Phi) is 9.35. The summed E-state index contributed by atoms with van der Waals surface area (Å²) >= 11 is 0. The minimum absolute atomic E-state index is 0.00924. The maximum Gasteiger partial charge on any atom is 0.271 e. The van der Waals surface area contributed by atoms with Crippen LogP contribution in [0.2, 0.25) is 0 Å². The third-order valence-electron chi connectivity index (χ3n) is 5.30. The number of amides is 2. The largest absolute Gasteiger partial charge is 0.352 e. The lowest BCUT2D eigenvalue weighted by Crippen LogP contribution is -2.53. The van der Waals surface area contributed by atoms with Crippen LogP contribution in [0, 0.1) is 17.0 Å². The number of sulfonamides is 1. The van der Waals surface area contributed by atoms with Gasteiger partial charge in [0.2, 0.25) is 21.8 Å². The second-order valence-corrected chi connectivity index (χ2v) is 10.5. The average molecular weight is 505 g/mol. The van der Waals surface area contributed by atoms with Gasteiger partial charge in [0.05, 0.1) is 16.9 Å². The number of anilines is 1. The molecule has 0 saturated heterocycles. The van der Waals surface area contributed by atoms with E-state index >= 15 is 0 Å². The molecular weight excluding hydrogens is 472 g/mol. The van der Waals surface area contributed by atoms with E-state index in [1.54, 1.807) is 6.92 Å². The van der Waals surface area contributed by atoms with Crippen molar-refractivity contribution in [3.8, 4) is 0 Å². The summed E-state index contributed by atoms with van der Waals surface area (Å²) in [5, 5.41) is 14.0. The molecule has 0 radical (unpaired) electrons. The molecule has 190 valence electrons. The van der Waals surface area contributed by atoms with Crippen LogP contribution in [-0.2, 0) is 26.2 Å². The zero-order valence-electron chi connectivity index (χ0n) is 20.6. The summed E-state index contributed by atoms with van der Waals surface area (Å²) in [6, 6.07) is 11.6. The van der Waals surface area contributed by atoms with Crippen molar-refractivity contribution in [1.82, 2.24) is 10.2 Å². The van der Waals surface area contributed by atoms with Crippen molar-refractivity contribution >= 4 is 33.2 Å². The van der Waals surface area contributed by atoms with Gasteiger partial charge >= 0.3 is 0 Å². The highest BCUT2D eigenvalue weighted by Gasteiger charge is 2.32. The number of non-ortho nitro benzene ring substituents is 1. The fraction of sp³-hybridized carbons (Fsp3) is 0.417. The van der Waals surface area contributed by atoms with Crippen LogP contribution in [0.3, 0.4) is 0 Å². The molecule has 0 saturated carbocycles. The van der Waals surface area contributed by atoms with Gasteiger partial charge in [-0.2, -0.15) is 0 Å². The molecule has 0 aliphatic carbocycles. The van der Waals surface area contributed by atoms with Gasteiger partial charge in [-0.05, 0) is 38.8 Å². The predicted octanol–water partition coefficient (Wildman–Crippen LogP) is 3.00. The van der Waals surface area contributed by atoms with Crippen molar-refractivity contribution in [1.29, 1.82) is 0 Å². The molecule has 2 amide bonds. The van der Waals surface area contributed by atoms with Crippen molar-refractivity contribution in [2.75, 3.05) is 17.1 Å². The SMILES string of the molecule is CC[C@H](C(=O)NC(C)C)N(Cc1ccc(C)cc1)C(=O)CN(c1cccc([N+](=O)[O-])c1)S(C)(=O)=O. The Hall–Kier alpha value is -3.47. The number of nitrogens with zero attached hydrogens (tertiary/aromatic N) is 3. The first kappa shape index (κ1) is 27.8. The van der Waals surface area contributed by atoms with E-state index in [2.05, 4.69) is 5.32 Å². The van der Waals surface area contributed by atoms with Gasteiger partial charge in [0.1, 0.15) is 12.6 Å². The van der Waals surface area contributed by atoms with E-state index in [0.29, 0.717) is 6.42 Å².